The van der Waals surface area contributed by atoms with Gasteiger partial charge in [-0.1, -0.05) is 6.07 Å². The standard InChI is InChI=1S/C24H21F3N4O/c25-17-6-14(7-18(26)8-17)22-4-5-28-31(22)23(32)24-9-15(10-24)16(11-24)12-30-13-19-20(27)2-1-3-21(19)29-30/h1-3,5-8,13,15-16,22H,4,9-12H2. The van der Waals surface area contributed by atoms with Gasteiger partial charge in [0.25, 0.3) is 0 Å². The van der Waals surface area contributed by atoms with Crippen molar-refractivity contribution in [2.24, 2.45) is 22.4 Å². The zero-order valence-electron chi connectivity index (χ0n) is 17.2. The number of benzene rings is 2. The highest BCUT2D eigenvalue weighted by molar-refractivity contribution is 5.87. The van der Waals surface area contributed by atoms with Crippen LogP contribution in [0.4, 0.5) is 13.2 Å². The molecule has 2 heterocycles. The van der Waals surface area contributed by atoms with Gasteiger partial charge in [-0.15, -0.1) is 0 Å². The summed E-state index contributed by atoms with van der Waals surface area (Å²) in [7, 11) is 0. The Morgan fingerprint density at radius 1 is 1.09 bits per heavy atom. The van der Waals surface area contributed by atoms with Crippen LogP contribution in [-0.2, 0) is 11.3 Å². The minimum absolute atomic E-state index is 0.0728. The Balaban J connectivity index is 1.20. The average Bonchev–Trinajstić information content (AvgIpc) is 3.48. The van der Waals surface area contributed by atoms with Crippen molar-refractivity contribution >= 4 is 23.0 Å². The first-order valence-electron chi connectivity index (χ1n) is 10.9. The predicted octanol–water partition coefficient (Wildman–Crippen LogP) is 4.83. The van der Waals surface area contributed by atoms with Crippen LogP contribution in [0, 0.1) is 34.7 Å². The van der Waals surface area contributed by atoms with Crippen LogP contribution in [-0.4, -0.2) is 26.9 Å². The molecule has 7 rings (SSSR count). The molecule has 0 spiro atoms. The molecular weight excluding hydrogens is 417 g/mol. The molecule has 2 unspecified atom stereocenters. The Morgan fingerprint density at radius 2 is 1.88 bits per heavy atom. The van der Waals surface area contributed by atoms with E-state index in [0.717, 1.165) is 18.9 Å². The SMILES string of the molecule is O=C(N1N=CCC1c1cc(F)cc(F)c1)C12CC(Cn3cc4c(F)cccc4n3)C(C1)C2. The van der Waals surface area contributed by atoms with Crippen LogP contribution in [0.15, 0.2) is 47.7 Å². The highest BCUT2D eigenvalue weighted by Crippen LogP contribution is 2.63. The van der Waals surface area contributed by atoms with E-state index in [2.05, 4.69) is 10.2 Å². The second-order valence-corrected chi connectivity index (χ2v) is 9.34. The summed E-state index contributed by atoms with van der Waals surface area (Å²) >= 11 is 0. The zero-order chi connectivity index (χ0) is 22.0. The maximum absolute atomic E-state index is 14.0. The van der Waals surface area contributed by atoms with Crippen LogP contribution < -0.4 is 0 Å². The summed E-state index contributed by atoms with van der Waals surface area (Å²) in [5, 5.41) is 10.7. The number of carbonyl (C=O) groups is 1. The van der Waals surface area contributed by atoms with Gasteiger partial charge >= 0.3 is 0 Å². The number of amides is 1. The molecule has 1 aliphatic heterocycles. The average molecular weight is 438 g/mol. The largest absolute Gasteiger partial charge is 0.272 e. The number of carbonyl (C=O) groups excluding carboxylic acids is 1. The lowest BCUT2D eigenvalue weighted by Gasteiger charge is -2.40. The van der Waals surface area contributed by atoms with E-state index < -0.39 is 23.1 Å². The van der Waals surface area contributed by atoms with Crippen LogP contribution >= 0.6 is 0 Å². The van der Waals surface area contributed by atoms with E-state index in [1.807, 2.05) is 0 Å². The number of rotatable bonds is 4. The summed E-state index contributed by atoms with van der Waals surface area (Å²) in [6.45, 7) is 0.635. The number of nitrogens with zero attached hydrogens (tertiary/aromatic N) is 4. The van der Waals surface area contributed by atoms with Gasteiger partial charge in [-0.3, -0.25) is 9.48 Å². The smallest absolute Gasteiger partial charge is 0.249 e. The number of fused-ring (bicyclic) bond motifs is 2. The fraction of sp³-hybridized carbons (Fsp3) is 0.375. The second kappa shape index (κ2) is 6.92. The van der Waals surface area contributed by atoms with Crippen LogP contribution in [0.25, 0.3) is 10.9 Å². The fourth-order valence-electron chi connectivity index (χ4n) is 5.88. The Labute approximate surface area is 182 Å². The van der Waals surface area contributed by atoms with E-state index in [1.165, 1.54) is 23.2 Å². The van der Waals surface area contributed by atoms with Gasteiger partial charge in [-0.05, 0) is 60.9 Å². The van der Waals surface area contributed by atoms with Crippen molar-refractivity contribution in [3.8, 4) is 0 Å². The summed E-state index contributed by atoms with van der Waals surface area (Å²) < 4.78 is 43.3. The molecule has 2 bridgehead atoms. The van der Waals surface area contributed by atoms with Gasteiger partial charge in [0, 0.05) is 31.4 Å². The second-order valence-electron chi connectivity index (χ2n) is 9.34. The number of hydrazone groups is 1. The number of hydrogen-bond acceptors (Lipinski definition) is 3. The molecule has 5 nitrogen and oxygen atoms in total. The third-order valence-corrected chi connectivity index (χ3v) is 7.35. The van der Waals surface area contributed by atoms with E-state index in [4.69, 9.17) is 0 Å². The summed E-state index contributed by atoms with van der Waals surface area (Å²) in [5.74, 6) is -1.00. The van der Waals surface area contributed by atoms with Crippen molar-refractivity contribution in [3.05, 3.63) is 65.6 Å². The third-order valence-electron chi connectivity index (χ3n) is 7.35. The van der Waals surface area contributed by atoms with Crippen molar-refractivity contribution in [3.63, 3.8) is 0 Å². The minimum Gasteiger partial charge on any atom is -0.272 e. The minimum atomic E-state index is -0.662. The van der Waals surface area contributed by atoms with Crippen molar-refractivity contribution in [1.82, 2.24) is 14.8 Å². The lowest BCUT2D eigenvalue weighted by molar-refractivity contribution is -0.148. The molecule has 8 heteroatoms. The maximum atomic E-state index is 14.0. The molecule has 3 aromatic rings. The Kier molecular flexibility index (Phi) is 4.22. The van der Waals surface area contributed by atoms with E-state index in [1.54, 1.807) is 29.2 Å². The third kappa shape index (κ3) is 2.96. The molecule has 4 aliphatic rings. The molecule has 2 aromatic carbocycles. The summed E-state index contributed by atoms with van der Waals surface area (Å²) in [5.41, 5.74) is 0.553. The van der Waals surface area contributed by atoms with Crippen molar-refractivity contribution in [1.29, 1.82) is 0 Å². The van der Waals surface area contributed by atoms with Gasteiger partial charge in [-0.25, -0.2) is 18.2 Å². The maximum Gasteiger partial charge on any atom is 0.249 e. The van der Waals surface area contributed by atoms with Gasteiger partial charge in [0.2, 0.25) is 5.91 Å². The van der Waals surface area contributed by atoms with Crippen molar-refractivity contribution in [2.75, 3.05) is 0 Å². The quantitative estimate of drug-likeness (QED) is 0.586. The Bertz CT molecular complexity index is 1240. The number of aromatic nitrogens is 2. The van der Waals surface area contributed by atoms with Crippen molar-refractivity contribution < 1.29 is 18.0 Å². The zero-order valence-corrected chi connectivity index (χ0v) is 17.2. The molecule has 0 N–H and O–H groups in total. The summed E-state index contributed by atoms with van der Waals surface area (Å²) in [6.07, 6.45) is 6.07. The molecule has 32 heavy (non-hydrogen) atoms. The fourth-order valence-corrected chi connectivity index (χ4v) is 5.88. The monoisotopic (exact) mass is 438 g/mol. The molecule has 1 amide bonds. The van der Waals surface area contributed by atoms with Crippen LogP contribution in [0.5, 0.6) is 0 Å². The van der Waals surface area contributed by atoms with Gasteiger partial charge in [0.05, 0.1) is 22.4 Å². The van der Waals surface area contributed by atoms with E-state index >= 15 is 0 Å². The summed E-state index contributed by atoms with van der Waals surface area (Å²) in [6, 6.07) is 7.73. The molecule has 3 aliphatic carbocycles. The van der Waals surface area contributed by atoms with E-state index in [0.29, 0.717) is 41.8 Å². The van der Waals surface area contributed by atoms with Gasteiger partial charge in [0.1, 0.15) is 17.5 Å². The van der Waals surface area contributed by atoms with Gasteiger partial charge in [0.15, 0.2) is 0 Å². The summed E-state index contributed by atoms with van der Waals surface area (Å²) in [4.78, 5) is 13.5. The molecule has 0 saturated heterocycles. The number of hydrogen-bond donors (Lipinski definition) is 0. The van der Waals surface area contributed by atoms with Crippen molar-refractivity contribution in [2.45, 2.75) is 38.3 Å². The molecule has 3 saturated carbocycles. The Morgan fingerprint density at radius 3 is 2.62 bits per heavy atom. The van der Waals surface area contributed by atoms with Gasteiger partial charge < -0.3 is 0 Å². The van der Waals surface area contributed by atoms with Crippen LogP contribution in [0.1, 0.15) is 37.3 Å². The van der Waals surface area contributed by atoms with Crippen LogP contribution in [0.3, 0.4) is 0 Å². The molecule has 0 radical (unpaired) electrons. The Hall–Kier alpha value is -3.16. The predicted molar refractivity (Wildman–Crippen MR) is 112 cm³/mol. The molecule has 2 atom stereocenters. The van der Waals surface area contributed by atoms with E-state index in [-0.39, 0.29) is 17.6 Å². The first-order valence-corrected chi connectivity index (χ1v) is 10.9. The topological polar surface area (TPSA) is 50.5 Å². The van der Waals surface area contributed by atoms with E-state index in [9.17, 15) is 18.0 Å². The lowest BCUT2D eigenvalue weighted by atomic mass is 9.68. The number of halogens is 3. The molecule has 1 aromatic heterocycles. The lowest BCUT2D eigenvalue weighted by Crippen LogP contribution is -2.45. The highest BCUT2D eigenvalue weighted by atomic mass is 19.1. The normalized spacial score (nSPS) is 28.5. The molecule has 164 valence electrons. The first-order chi connectivity index (χ1) is 15.4. The van der Waals surface area contributed by atoms with Gasteiger partial charge in [-0.2, -0.15) is 10.2 Å². The first kappa shape index (κ1) is 19.5. The van der Waals surface area contributed by atoms with Crippen LogP contribution in [0.2, 0.25) is 0 Å². The molecule has 3 fully saturated rings. The molecular formula is C24H21F3N4O. The highest BCUT2D eigenvalue weighted by Gasteiger charge is 2.61.